The van der Waals surface area contributed by atoms with E-state index in [1.54, 1.807) is 0 Å². The van der Waals surface area contributed by atoms with Gasteiger partial charge in [0.15, 0.2) is 24.1 Å². The molecule has 0 fully saturated rings. The Bertz CT molecular complexity index is 2870. The van der Waals surface area contributed by atoms with Gasteiger partial charge in [-0.3, -0.25) is 0 Å². The molecule has 0 spiro atoms. The highest BCUT2D eigenvalue weighted by molar-refractivity contribution is 6.08. The molecule has 0 unspecified atom stereocenters. The Balaban J connectivity index is 1.67. The summed E-state index contributed by atoms with van der Waals surface area (Å²) in [5, 5.41) is 0. The predicted octanol–water partition coefficient (Wildman–Crippen LogP) is 8.35. The molecular formula is C48H46N8+4. The van der Waals surface area contributed by atoms with E-state index < -0.39 is 0 Å². The smallest absolute Gasteiger partial charge is 0.286 e. The number of aromatic amines is 1. The number of fused-ring (bicyclic) bond motifs is 8. The number of aryl methyl sites for hydroxylation is 4. The summed E-state index contributed by atoms with van der Waals surface area (Å²) in [5.41, 5.74) is 14.3. The van der Waals surface area contributed by atoms with E-state index in [0.717, 1.165) is 111 Å². The van der Waals surface area contributed by atoms with Crippen LogP contribution < -0.4 is 18.3 Å². The normalized spacial score (nSPS) is 12.1. The fraction of sp³-hybridized carbons (Fsp3) is 0.167. The molecule has 2 aliphatic rings. The summed E-state index contributed by atoms with van der Waals surface area (Å²) in [7, 11) is 0. The Morgan fingerprint density at radius 1 is 0.482 bits per heavy atom. The van der Waals surface area contributed by atoms with E-state index in [2.05, 4.69) is 208 Å². The maximum absolute atomic E-state index is 5.45. The maximum atomic E-state index is 5.45. The highest BCUT2D eigenvalue weighted by atomic mass is 15.2. The molecule has 0 atom stereocenters. The first-order valence-corrected chi connectivity index (χ1v) is 19.7. The number of pyridine rings is 4. The molecule has 0 aliphatic carbocycles. The van der Waals surface area contributed by atoms with Crippen LogP contribution in [-0.2, 0) is 26.2 Å². The molecule has 274 valence electrons. The first kappa shape index (κ1) is 34.9. The van der Waals surface area contributed by atoms with Crippen molar-refractivity contribution >= 4 is 46.4 Å². The van der Waals surface area contributed by atoms with Crippen LogP contribution in [0.15, 0.2) is 128 Å². The number of nitrogens with one attached hydrogen (secondary N) is 1. The van der Waals surface area contributed by atoms with Crippen molar-refractivity contribution < 1.29 is 18.3 Å². The second-order valence-corrected chi connectivity index (χ2v) is 14.0. The molecule has 8 nitrogen and oxygen atoms in total. The van der Waals surface area contributed by atoms with Gasteiger partial charge in [0.2, 0.25) is 17.1 Å². The number of rotatable bonds is 8. The van der Waals surface area contributed by atoms with Gasteiger partial charge in [-0.15, -0.1) is 0 Å². The van der Waals surface area contributed by atoms with E-state index in [1.807, 2.05) is 0 Å². The van der Waals surface area contributed by atoms with Crippen LogP contribution in [0.5, 0.6) is 0 Å². The van der Waals surface area contributed by atoms with Crippen molar-refractivity contribution in [2.45, 2.75) is 53.9 Å². The first-order chi connectivity index (χ1) is 27.6. The van der Waals surface area contributed by atoms with Crippen LogP contribution in [0.1, 0.15) is 50.5 Å². The van der Waals surface area contributed by atoms with Crippen LogP contribution in [-0.4, -0.2) is 19.5 Å². The zero-order valence-electron chi connectivity index (χ0n) is 32.4. The summed E-state index contributed by atoms with van der Waals surface area (Å²) in [5.74, 6) is 1.05. The van der Waals surface area contributed by atoms with E-state index in [9.17, 15) is 0 Å². The van der Waals surface area contributed by atoms with Crippen LogP contribution in [0.25, 0.3) is 86.0 Å². The molecule has 2 aliphatic heterocycles. The van der Waals surface area contributed by atoms with Gasteiger partial charge in [-0.05, 0) is 101 Å². The molecule has 1 N–H and O–H groups in total. The SMILES string of the molecule is CC[n+]1ccccc1-c1c(-c2cccc[n+]2CC)c2c(-c3cccc[n+]3CC)c3nc(cc4ccc(cc5nc(cc1n2-c1cccc[n+]1CC)C=C5)[nH]4)C=C3. The quantitative estimate of drug-likeness (QED) is 0.160. The van der Waals surface area contributed by atoms with Crippen molar-refractivity contribution in [2.75, 3.05) is 0 Å². The molecule has 7 aromatic heterocycles. The van der Waals surface area contributed by atoms with E-state index in [0.29, 0.717) is 0 Å². The second-order valence-electron chi connectivity index (χ2n) is 14.0. The molecule has 8 heteroatoms. The molecule has 0 radical (unpaired) electrons. The molecule has 56 heavy (non-hydrogen) atoms. The van der Waals surface area contributed by atoms with Crippen molar-refractivity contribution in [1.29, 1.82) is 0 Å². The number of hydrogen-bond donors (Lipinski definition) is 1. The third kappa shape index (κ3) is 6.13. The summed E-state index contributed by atoms with van der Waals surface area (Å²) >= 11 is 0. The number of hydrogen-bond acceptors (Lipinski definition) is 2. The highest BCUT2D eigenvalue weighted by Crippen LogP contribution is 2.45. The first-order valence-electron chi connectivity index (χ1n) is 19.7. The zero-order valence-corrected chi connectivity index (χ0v) is 32.4. The van der Waals surface area contributed by atoms with Crippen LogP contribution in [0, 0.1) is 0 Å². The van der Waals surface area contributed by atoms with E-state index >= 15 is 0 Å². The largest absolute Gasteiger partial charge is 0.355 e. The van der Waals surface area contributed by atoms with Crippen LogP contribution in [0.2, 0.25) is 0 Å². The maximum Gasteiger partial charge on any atom is 0.286 e. The van der Waals surface area contributed by atoms with Crippen molar-refractivity contribution in [3.05, 3.63) is 151 Å². The van der Waals surface area contributed by atoms with E-state index in [1.165, 1.54) is 0 Å². The van der Waals surface area contributed by atoms with Crippen molar-refractivity contribution in [3.8, 4) is 39.6 Å². The van der Waals surface area contributed by atoms with Gasteiger partial charge in [0.25, 0.3) is 5.82 Å². The van der Waals surface area contributed by atoms with Crippen LogP contribution in [0.3, 0.4) is 0 Å². The van der Waals surface area contributed by atoms with Crippen LogP contribution in [0.4, 0.5) is 0 Å². The lowest BCUT2D eigenvalue weighted by molar-refractivity contribution is -0.687. The van der Waals surface area contributed by atoms with Crippen molar-refractivity contribution in [1.82, 2.24) is 19.5 Å². The van der Waals surface area contributed by atoms with Gasteiger partial charge in [0.05, 0.1) is 35.5 Å². The number of aromatic nitrogens is 8. The summed E-state index contributed by atoms with van der Waals surface area (Å²) < 4.78 is 11.9. The van der Waals surface area contributed by atoms with Crippen molar-refractivity contribution in [3.63, 3.8) is 0 Å². The zero-order chi connectivity index (χ0) is 38.2. The molecular weight excluding hydrogens is 689 g/mol. The third-order valence-corrected chi connectivity index (χ3v) is 10.8. The number of H-pyrrole nitrogens is 1. The predicted molar refractivity (Wildman–Crippen MR) is 224 cm³/mol. The minimum atomic E-state index is 0.785. The third-order valence-electron chi connectivity index (χ3n) is 10.8. The molecule has 0 saturated carbocycles. The van der Waals surface area contributed by atoms with Gasteiger partial charge in [0, 0.05) is 59.6 Å². The topological polar surface area (TPSA) is 62.0 Å². The summed E-state index contributed by atoms with van der Waals surface area (Å²) in [4.78, 5) is 14.2. The van der Waals surface area contributed by atoms with Crippen LogP contribution >= 0.6 is 0 Å². The lowest BCUT2D eigenvalue weighted by Gasteiger charge is -2.09. The molecule has 9 rings (SSSR count). The average Bonchev–Trinajstić information content (AvgIpc) is 4.06. The minimum Gasteiger partial charge on any atom is -0.355 e. The highest BCUT2D eigenvalue weighted by Gasteiger charge is 2.38. The Labute approximate surface area is 327 Å². The van der Waals surface area contributed by atoms with Crippen molar-refractivity contribution in [2.24, 2.45) is 0 Å². The molecule has 0 saturated heterocycles. The standard InChI is InChI=1S/C48H45N8/c1-5-52-27-13-9-17-40(52)45-39-26-25-37(51-39)32-36-22-21-34(49-36)31-35-23-24-38(50-35)33-43-46(41-18-10-14-28-53(41)6-2)47(42-19-11-15-29-54(42)7-3)48(45)56(43)44-20-12-16-30-55(44)8-4/h9-33H,5-8H2,1-4H3/q+3/p+1. The monoisotopic (exact) mass is 734 g/mol. The Morgan fingerprint density at radius 3 is 1.55 bits per heavy atom. The lowest BCUT2D eigenvalue weighted by atomic mass is 9.98. The average molecular weight is 735 g/mol. The minimum absolute atomic E-state index is 0.785. The van der Waals surface area contributed by atoms with Gasteiger partial charge >= 0.3 is 0 Å². The molecule has 8 bridgehead atoms. The summed E-state index contributed by atoms with van der Waals surface area (Å²) in [6.45, 7) is 12.0. The Hall–Kier alpha value is -6.80. The molecule has 9 heterocycles. The fourth-order valence-electron chi connectivity index (χ4n) is 8.17. The summed E-state index contributed by atoms with van der Waals surface area (Å²) in [6.07, 6.45) is 17.3. The molecule has 0 amide bonds. The van der Waals surface area contributed by atoms with Gasteiger partial charge in [0.1, 0.15) is 41.8 Å². The molecule has 7 aromatic rings. The van der Waals surface area contributed by atoms with Gasteiger partial charge in [-0.1, -0.05) is 6.07 Å². The van der Waals surface area contributed by atoms with E-state index in [-0.39, 0.29) is 0 Å². The second kappa shape index (κ2) is 14.8. The van der Waals surface area contributed by atoms with Gasteiger partial charge < -0.3 is 4.98 Å². The molecule has 0 aromatic carbocycles. The Kier molecular flexibility index (Phi) is 9.23. The van der Waals surface area contributed by atoms with Gasteiger partial charge in [-0.25, -0.2) is 14.5 Å². The fourth-order valence-corrected chi connectivity index (χ4v) is 8.17. The van der Waals surface area contributed by atoms with E-state index in [4.69, 9.17) is 9.97 Å². The van der Waals surface area contributed by atoms with Gasteiger partial charge in [-0.2, -0.15) is 18.3 Å². The number of nitrogens with zero attached hydrogens (tertiary/aromatic N) is 7. The summed E-state index contributed by atoms with van der Waals surface area (Å²) in [6, 6.07) is 36.8. The Morgan fingerprint density at radius 2 is 0.964 bits per heavy atom. The lowest BCUT2D eigenvalue weighted by Crippen LogP contribution is -2.37.